The van der Waals surface area contributed by atoms with Gasteiger partial charge in [0.2, 0.25) is 0 Å². The van der Waals surface area contributed by atoms with Crippen LogP contribution in [-0.2, 0) is 0 Å². The maximum absolute atomic E-state index is 5.72. The Kier molecular flexibility index (Phi) is 8.88. The molecule has 0 heterocycles. The summed E-state index contributed by atoms with van der Waals surface area (Å²) in [5.74, 6) is 0.965. The monoisotopic (exact) mass is 278 g/mol. The standard InChI is InChI=1S/C17H30N2O/c1-4-5-6-7-14-20-17-10-8-16(9-11-17)19-13-12-18-15(2)3/h8-11,15,18-19H,4-7,12-14H2,1-3H3. The highest BCUT2D eigenvalue weighted by molar-refractivity contribution is 5.46. The molecule has 3 nitrogen and oxygen atoms in total. The van der Waals surface area contributed by atoms with Crippen LogP contribution in [0, 0.1) is 0 Å². The predicted molar refractivity (Wildman–Crippen MR) is 87.7 cm³/mol. The van der Waals surface area contributed by atoms with Crippen LogP contribution >= 0.6 is 0 Å². The third-order valence-electron chi connectivity index (χ3n) is 3.13. The summed E-state index contributed by atoms with van der Waals surface area (Å²) in [5, 5.41) is 6.78. The number of nitrogens with one attached hydrogen (secondary N) is 2. The van der Waals surface area contributed by atoms with Crippen molar-refractivity contribution in [2.45, 2.75) is 52.5 Å². The summed E-state index contributed by atoms with van der Waals surface area (Å²) in [5.41, 5.74) is 1.15. The molecule has 0 radical (unpaired) electrons. The van der Waals surface area contributed by atoms with E-state index >= 15 is 0 Å². The van der Waals surface area contributed by atoms with E-state index in [2.05, 4.69) is 43.5 Å². The van der Waals surface area contributed by atoms with Crippen LogP contribution in [0.2, 0.25) is 0 Å². The normalized spacial score (nSPS) is 10.8. The van der Waals surface area contributed by atoms with E-state index in [-0.39, 0.29) is 0 Å². The minimum atomic E-state index is 0.542. The van der Waals surface area contributed by atoms with Crippen LogP contribution in [0.1, 0.15) is 46.5 Å². The molecule has 0 unspecified atom stereocenters. The summed E-state index contributed by atoms with van der Waals surface area (Å²) in [7, 11) is 0. The number of anilines is 1. The lowest BCUT2D eigenvalue weighted by molar-refractivity contribution is 0.305. The summed E-state index contributed by atoms with van der Waals surface area (Å²) in [4.78, 5) is 0. The highest BCUT2D eigenvalue weighted by atomic mass is 16.5. The maximum atomic E-state index is 5.72. The summed E-state index contributed by atoms with van der Waals surface area (Å²) >= 11 is 0. The van der Waals surface area contributed by atoms with E-state index in [1.165, 1.54) is 19.3 Å². The van der Waals surface area contributed by atoms with Crippen molar-refractivity contribution in [1.29, 1.82) is 0 Å². The second kappa shape index (κ2) is 10.6. The first-order valence-electron chi connectivity index (χ1n) is 7.92. The Balaban J connectivity index is 2.16. The Morgan fingerprint density at radius 2 is 1.75 bits per heavy atom. The number of benzene rings is 1. The van der Waals surface area contributed by atoms with E-state index < -0.39 is 0 Å². The lowest BCUT2D eigenvalue weighted by atomic mass is 10.2. The largest absolute Gasteiger partial charge is 0.494 e. The van der Waals surface area contributed by atoms with Crippen molar-refractivity contribution in [2.24, 2.45) is 0 Å². The molecule has 0 amide bonds. The second-order valence-corrected chi connectivity index (χ2v) is 5.47. The molecule has 3 heteroatoms. The van der Waals surface area contributed by atoms with Crippen LogP contribution in [0.5, 0.6) is 5.75 Å². The van der Waals surface area contributed by atoms with Gasteiger partial charge in [0.05, 0.1) is 6.61 Å². The van der Waals surface area contributed by atoms with Crippen molar-refractivity contribution in [3.05, 3.63) is 24.3 Å². The van der Waals surface area contributed by atoms with E-state index in [4.69, 9.17) is 4.74 Å². The molecule has 2 N–H and O–H groups in total. The minimum absolute atomic E-state index is 0.542. The van der Waals surface area contributed by atoms with Crippen molar-refractivity contribution in [3.8, 4) is 5.75 Å². The zero-order valence-electron chi connectivity index (χ0n) is 13.2. The molecular weight excluding hydrogens is 248 g/mol. The summed E-state index contributed by atoms with van der Waals surface area (Å²) < 4.78 is 5.72. The average molecular weight is 278 g/mol. The Bertz CT molecular complexity index is 335. The third kappa shape index (κ3) is 8.05. The molecule has 0 aliphatic carbocycles. The molecule has 0 bridgehead atoms. The van der Waals surface area contributed by atoms with E-state index in [0.29, 0.717) is 6.04 Å². The Morgan fingerprint density at radius 3 is 2.40 bits per heavy atom. The molecule has 1 rings (SSSR count). The van der Waals surface area contributed by atoms with Crippen molar-refractivity contribution >= 4 is 5.69 Å². The molecule has 0 aliphatic heterocycles. The molecule has 20 heavy (non-hydrogen) atoms. The highest BCUT2D eigenvalue weighted by Crippen LogP contribution is 2.15. The number of unbranched alkanes of at least 4 members (excludes halogenated alkanes) is 3. The topological polar surface area (TPSA) is 33.3 Å². The van der Waals surface area contributed by atoms with Gasteiger partial charge in [0.1, 0.15) is 5.75 Å². The first kappa shape index (κ1) is 16.8. The molecule has 0 saturated carbocycles. The van der Waals surface area contributed by atoms with Gasteiger partial charge < -0.3 is 15.4 Å². The Labute approximate surface area is 124 Å². The van der Waals surface area contributed by atoms with Gasteiger partial charge >= 0.3 is 0 Å². The van der Waals surface area contributed by atoms with Gasteiger partial charge in [-0.2, -0.15) is 0 Å². The van der Waals surface area contributed by atoms with Gasteiger partial charge in [-0.25, -0.2) is 0 Å². The smallest absolute Gasteiger partial charge is 0.119 e. The summed E-state index contributed by atoms with van der Waals surface area (Å²) in [6.45, 7) is 9.29. The lowest BCUT2D eigenvalue weighted by Gasteiger charge is -2.11. The van der Waals surface area contributed by atoms with Crippen LogP contribution < -0.4 is 15.4 Å². The van der Waals surface area contributed by atoms with Crippen LogP contribution in [0.15, 0.2) is 24.3 Å². The van der Waals surface area contributed by atoms with Crippen LogP contribution in [-0.4, -0.2) is 25.7 Å². The van der Waals surface area contributed by atoms with Gasteiger partial charge in [0.25, 0.3) is 0 Å². The Morgan fingerprint density at radius 1 is 1.00 bits per heavy atom. The van der Waals surface area contributed by atoms with Crippen LogP contribution in [0.4, 0.5) is 5.69 Å². The molecule has 0 spiro atoms. The van der Waals surface area contributed by atoms with Gasteiger partial charge in [0, 0.05) is 24.8 Å². The summed E-state index contributed by atoms with van der Waals surface area (Å²) in [6, 6.07) is 8.78. The third-order valence-corrected chi connectivity index (χ3v) is 3.13. The van der Waals surface area contributed by atoms with Gasteiger partial charge in [-0.15, -0.1) is 0 Å². The number of hydrogen-bond acceptors (Lipinski definition) is 3. The maximum Gasteiger partial charge on any atom is 0.119 e. The van der Waals surface area contributed by atoms with Crippen molar-refractivity contribution < 1.29 is 4.74 Å². The first-order valence-corrected chi connectivity index (χ1v) is 7.92. The fraction of sp³-hybridized carbons (Fsp3) is 0.647. The van der Waals surface area contributed by atoms with Crippen LogP contribution in [0.3, 0.4) is 0 Å². The zero-order valence-corrected chi connectivity index (χ0v) is 13.2. The van der Waals surface area contributed by atoms with Gasteiger partial charge in [-0.3, -0.25) is 0 Å². The zero-order chi connectivity index (χ0) is 14.6. The van der Waals surface area contributed by atoms with Crippen LogP contribution in [0.25, 0.3) is 0 Å². The fourth-order valence-electron chi connectivity index (χ4n) is 1.96. The molecule has 0 fully saturated rings. The molecule has 0 aliphatic rings. The van der Waals surface area contributed by atoms with Crippen molar-refractivity contribution in [1.82, 2.24) is 5.32 Å². The molecule has 1 aromatic rings. The molecule has 0 aromatic heterocycles. The number of hydrogen-bond donors (Lipinski definition) is 2. The van der Waals surface area contributed by atoms with Gasteiger partial charge in [0.15, 0.2) is 0 Å². The SMILES string of the molecule is CCCCCCOc1ccc(NCCNC(C)C)cc1. The predicted octanol–water partition coefficient (Wildman–Crippen LogP) is 4.06. The van der Waals surface area contributed by atoms with E-state index in [0.717, 1.165) is 37.6 Å². The van der Waals surface area contributed by atoms with E-state index in [1.807, 2.05) is 12.1 Å². The average Bonchev–Trinajstić information content (AvgIpc) is 2.44. The Hall–Kier alpha value is -1.22. The molecule has 1 aromatic carbocycles. The van der Waals surface area contributed by atoms with Crippen molar-refractivity contribution in [2.75, 3.05) is 25.0 Å². The van der Waals surface area contributed by atoms with E-state index in [1.54, 1.807) is 0 Å². The quantitative estimate of drug-likeness (QED) is 0.599. The minimum Gasteiger partial charge on any atom is -0.494 e. The number of ether oxygens (including phenoxy) is 1. The summed E-state index contributed by atoms with van der Waals surface area (Å²) in [6.07, 6.45) is 4.98. The highest BCUT2D eigenvalue weighted by Gasteiger charge is 1.96. The molecular formula is C17H30N2O. The van der Waals surface area contributed by atoms with Gasteiger partial charge in [-0.05, 0) is 30.7 Å². The van der Waals surface area contributed by atoms with Gasteiger partial charge in [-0.1, -0.05) is 40.0 Å². The molecule has 0 atom stereocenters. The second-order valence-electron chi connectivity index (χ2n) is 5.47. The number of rotatable bonds is 11. The van der Waals surface area contributed by atoms with Crippen molar-refractivity contribution in [3.63, 3.8) is 0 Å². The molecule has 0 saturated heterocycles. The fourth-order valence-corrected chi connectivity index (χ4v) is 1.96. The van der Waals surface area contributed by atoms with E-state index in [9.17, 15) is 0 Å². The lowest BCUT2D eigenvalue weighted by Crippen LogP contribution is -2.28. The molecule has 114 valence electrons. The first-order chi connectivity index (χ1) is 9.72.